The van der Waals surface area contributed by atoms with Gasteiger partial charge in [-0.25, -0.2) is 0 Å². The zero-order valence-corrected chi connectivity index (χ0v) is 9.88. The van der Waals surface area contributed by atoms with Crippen molar-refractivity contribution < 1.29 is 9.53 Å². The van der Waals surface area contributed by atoms with Crippen molar-refractivity contribution in [1.29, 1.82) is 0 Å². The van der Waals surface area contributed by atoms with E-state index in [1.165, 1.54) is 0 Å². The molecule has 0 saturated carbocycles. The Hall–Kier alpha value is -2.10. The number of carbonyl (C=O) groups is 1. The number of aryl methyl sites for hydroxylation is 1. The molecule has 1 heterocycles. The van der Waals surface area contributed by atoms with Crippen molar-refractivity contribution in [2.45, 2.75) is 13.5 Å². The molecule has 4 nitrogen and oxygen atoms in total. The van der Waals surface area contributed by atoms with Gasteiger partial charge in [0.2, 0.25) is 5.78 Å². The molecule has 0 fully saturated rings. The maximum atomic E-state index is 12.2. The Morgan fingerprint density at radius 1 is 1.29 bits per heavy atom. The van der Waals surface area contributed by atoms with Crippen LogP contribution in [0.3, 0.4) is 0 Å². The van der Waals surface area contributed by atoms with Crippen LogP contribution >= 0.6 is 0 Å². The highest BCUT2D eigenvalue weighted by Crippen LogP contribution is 2.14. The van der Waals surface area contributed by atoms with Gasteiger partial charge in [-0.2, -0.15) is 5.10 Å². The van der Waals surface area contributed by atoms with Crippen molar-refractivity contribution in [1.82, 2.24) is 9.78 Å². The predicted molar refractivity (Wildman–Crippen MR) is 64.3 cm³/mol. The van der Waals surface area contributed by atoms with Gasteiger partial charge in [0, 0.05) is 18.3 Å². The third-order valence-corrected chi connectivity index (χ3v) is 2.60. The molecule has 0 radical (unpaired) electrons. The first-order valence-electron chi connectivity index (χ1n) is 5.47. The zero-order chi connectivity index (χ0) is 12.3. The first-order valence-corrected chi connectivity index (χ1v) is 5.47. The Kier molecular flexibility index (Phi) is 3.23. The number of hydrogen-bond donors (Lipinski definition) is 0. The second-order valence-electron chi connectivity index (χ2n) is 3.59. The molecule has 4 heteroatoms. The lowest BCUT2D eigenvalue weighted by atomic mass is 10.1. The van der Waals surface area contributed by atoms with E-state index in [0.717, 1.165) is 5.75 Å². The van der Waals surface area contributed by atoms with Crippen LogP contribution in [0.1, 0.15) is 23.0 Å². The summed E-state index contributed by atoms with van der Waals surface area (Å²) in [6.07, 6.45) is 1.64. The van der Waals surface area contributed by atoms with Gasteiger partial charge in [0.15, 0.2) is 0 Å². The molecule has 17 heavy (non-hydrogen) atoms. The van der Waals surface area contributed by atoms with E-state index >= 15 is 0 Å². The standard InChI is InChI=1S/C13H14N2O2/c1-3-15-12(8-9-14-15)13(16)10-4-6-11(17-2)7-5-10/h4-9H,3H2,1-2H3. The van der Waals surface area contributed by atoms with E-state index < -0.39 is 0 Å². The molecule has 0 aliphatic rings. The Bertz CT molecular complexity index is 514. The number of ketones is 1. The van der Waals surface area contributed by atoms with Crippen LogP contribution in [0.25, 0.3) is 0 Å². The molecule has 1 aromatic carbocycles. The van der Waals surface area contributed by atoms with Crippen LogP contribution < -0.4 is 4.74 Å². The van der Waals surface area contributed by atoms with Gasteiger partial charge in [-0.15, -0.1) is 0 Å². The van der Waals surface area contributed by atoms with Crippen LogP contribution in [-0.4, -0.2) is 22.7 Å². The Labute approximate surface area is 99.8 Å². The number of hydrogen-bond acceptors (Lipinski definition) is 3. The first-order chi connectivity index (χ1) is 8.26. The summed E-state index contributed by atoms with van der Waals surface area (Å²) in [6, 6.07) is 8.80. The fourth-order valence-corrected chi connectivity index (χ4v) is 1.67. The number of ether oxygens (including phenoxy) is 1. The molecule has 0 aliphatic carbocycles. The number of carbonyl (C=O) groups excluding carboxylic acids is 1. The molecule has 0 aliphatic heterocycles. The fraction of sp³-hybridized carbons (Fsp3) is 0.231. The highest BCUT2D eigenvalue weighted by atomic mass is 16.5. The minimum absolute atomic E-state index is 0.0213. The second kappa shape index (κ2) is 4.82. The van der Waals surface area contributed by atoms with Gasteiger partial charge in [-0.1, -0.05) is 0 Å². The van der Waals surface area contributed by atoms with Gasteiger partial charge >= 0.3 is 0 Å². The maximum absolute atomic E-state index is 12.2. The van der Waals surface area contributed by atoms with Crippen molar-refractivity contribution in [2.24, 2.45) is 0 Å². The van der Waals surface area contributed by atoms with Crippen molar-refractivity contribution in [3.8, 4) is 5.75 Å². The molecule has 2 aromatic rings. The average molecular weight is 230 g/mol. The van der Waals surface area contributed by atoms with Crippen molar-refractivity contribution >= 4 is 5.78 Å². The van der Waals surface area contributed by atoms with Gasteiger partial charge in [-0.05, 0) is 37.3 Å². The summed E-state index contributed by atoms with van der Waals surface area (Å²) < 4.78 is 6.74. The monoisotopic (exact) mass is 230 g/mol. The van der Waals surface area contributed by atoms with Crippen molar-refractivity contribution in [2.75, 3.05) is 7.11 Å². The molecule has 0 saturated heterocycles. The summed E-state index contributed by atoms with van der Waals surface area (Å²) in [5, 5.41) is 4.09. The lowest BCUT2D eigenvalue weighted by molar-refractivity contribution is 0.102. The van der Waals surface area contributed by atoms with E-state index in [4.69, 9.17) is 4.74 Å². The largest absolute Gasteiger partial charge is 0.497 e. The summed E-state index contributed by atoms with van der Waals surface area (Å²) in [6.45, 7) is 2.64. The Morgan fingerprint density at radius 3 is 2.59 bits per heavy atom. The summed E-state index contributed by atoms with van der Waals surface area (Å²) in [7, 11) is 1.60. The van der Waals surface area contributed by atoms with Gasteiger partial charge in [0.25, 0.3) is 0 Å². The summed E-state index contributed by atoms with van der Waals surface area (Å²) in [4.78, 5) is 12.2. The molecule has 0 atom stereocenters. The van der Waals surface area contributed by atoms with Gasteiger partial charge in [-0.3, -0.25) is 9.48 Å². The third kappa shape index (κ3) is 2.20. The van der Waals surface area contributed by atoms with E-state index in [1.54, 1.807) is 48.3 Å². The minimum Gasteiger partial charge on any atom is -0.497 e. The normalized spacial score (nSPS) is 10.2. The first kappa shape index (κ1) is 11.4. The number of nitrogens with zero attached hydrogens (tertiary/aromatic N) is 2. The zero-order valence-electron chi connectivity index (χ0n) is 9.88. The molecular weight excluding hydrogens is 216 g/mol. The number of rotatable bonds is 4. The molecule has 0 bridgehead atoms. The molecule has 0 unspecified atom stereocenters. The predicted octanol–water partition coefficient (Wildman–Crippen LogP) is 2.14. The summed E-state index contributed by atoms with van der Waals surface area (Å²) in [5.41, 5.74) is 1.25. The van der Waals surface area contributed by atoms with Gasteiger partial charge in [0.1, 0.15) is 11.4 Å². The topological polar surface area (TPSA) is 44.1 Å². The smallest absolute Gasteiger partial charge is 0.211 e. The van der Waals surface area contributed by atoms with Crippen LogP contribution in [-0.2, 0) is 6.54 Å². The van der Waals surface area contributed by atoms with Crippen LogP contribution in [0.15, 0.2) is 36.5 Å². The minimum atomic E-state index is -0.0213. The Morgan fingerprint density at radius 2 is 2.00 bits per heavy atom. The second-order valence-corrected chi connectivity index (χ2v) is 3.59. The lowest BCUT2D eigenvalue weighted by Crippen LogP contribution is -2.10. The molecule has 0 N–H and O–H groups in total. The highest BCUT2D eigenvalue weighted by molar-refractivity contribution is 6.07. The summed E-state index contributed by atoms with van der Waals surface area (Å²) in [5.74, 6) is 0.720. The molecule has 88 valence electrons. The van der Waals surface area contributed by atoms with Crippen LogP contribution in [0.5, 0.6) is 5.75 Å². The van der Waals surface area contributed by atoms with E-state index in [-0.39, 0.29) is 5.78 Å². The van der Waals surface area contributed by atoms with Crippen LogP contribution in [0.2, 0.25) is 0 Å². The highest BCUT2D eigenvalue weighted by Gasteiger charge is 2.13. The Balaban J connectivity index is 2.30. The summed E-state index contributed by atoms with van der Waals surface area (Å²) >= 11 is 0. The number of benzene rings is 1. The lowest BCUT2D eigenvalue weighted by Gasteiger charge is -2.04. The van der Waals surface area contributed by atoms with E-state index in [2.05, 4.69) is 5.10 Å². The average Bonchev–Trinajstić information content (AvgIpc) is 2.86. The van der Waals surface area contributed by atoms with Crippen LogP contribution in [0.4, 0.5) is 0 Å². The maximum Gasteiger partial charge on any atom is 0.211 e. The van der Waals surface area contributed by atoms with Gasteiger partial charge < -0.3 is 4.74 Å². The molecule has 1 aromatic heterocycles. The van der Waals surface area contributed by atoms with Crippen LogP contribution in [0, 0.1) is 0 Å². The quantitative estimate of drug-likeness (QED) is 0.756. The van der Waals surface area contributed by atoms with E-state index in [9.17, 15) is 4.79 Å². The third-order valence-electron chi connectivity index (χ3n) is 2.60. The number of methoxy groups -OCH3 is 1. The SMILES string of the molecule is CCn1nccc1C(=O)c1ccc(OC)cc1. The van der Waals surface area contributed by atoms with E-state index in [1.807, 2.05) is 6.92 Å². The molecule has 0 amide bonds. The van der Waals surface area contributed by atoms with Gasteiger partial charge in [0.05, 0.1) is 7.11 Å². The number of aromatic nitrogens is 2. The van der Waals surface area contributed by atoms with Crippen molar-refractivity contribution in [3.05, 3.63) is 47.8 Å². The van der Waals surface area contributed by atoms with E-state index in [0.29, 0.717) is 17.8 Å². The fourth-order valence-electron chi connectivity index (χ4n) is 1.67. The molecule has 2 rings (SSSR count). The molecular formula is C13H14N2O2. The molecule has 0 spiro atoms. The van der Waals surface area contributed by atoms with Crippen molar-refractivity contribution in [3.63, 3.8) is 0 Å².